The molecule has 1 aliphatic rings. The number of hydrogen-bond donors (Lipinski definition) is 2. The van der Waals surface area contributed by atoms with E-state index >= 15 is 0 Å². The highest BCUT2D eigenvalue weighted by molar-refractivity contribution is 6.32. The van der Waals surface area contributed by atoms with Crippen LogP contribution in [0.1, 0.15) is 45.1 Å². The molecule has 11 heteroatoms. The highest BCUT2D eigenvalue weighted by Gasteiger charge is 2.42. The number of halogens is 1. The first-order chi connectivity index (χ1) is 19.6. The van der Waals surface area contributed by atoms with Crippen LogP contribution in [-0.4, -0.2) is 50.4 Å². The number of aryl methyl sites for hydroxylation is 1. The summed E-state index contributed by atoms with van der Waals surface area (Å²) in [6, 6.07) is 12.7. The fourth-order valence-electron chi connectivity index (χ4n) is 5.60. The molecule has 0 saturated carbocycles. The molecule has 1 amide bonds. The molecular weight excluding hydrogens is 546 g/mol. The number of piperidine rings is 1. The highest BCUT2D eigenvalue weighted by atomic mass is 35.5. The normalized spacial score (nSPS) is 17.4. The van der Waals surface area contributed by atoms with Crippen LogP contribution >= 0.6 is 11.6 Å². The minimum Gasteiger partial charge on any atom is -0.492 e. The Hall–Kier alpha value is -4.05. The zero-order valence-corrected chi connectivity index (χ0v) is 24.3. The molecule has 0 aliphatic carbocycles. The summed E-state index contributed by atoms with van der Waals surface area (Å²) in [4.78, 5) is 22.5. The van der Waals surface area contributed by atoms with Crippen molar-refractivity contribution in [1.29, 1.82) is 0 Å². The van der Waals surface area contributed by atoms with Crippen LogP contribution in [0.5, 0.6) is 11.5 Å². The van der Waals surface area contributed by atoms with Gasteiger partial charge in [-0.05, 0) is 55.5 Å². The molecule has 1 saturated heterocycles. The number of nitrogens with one attached hydrogen (secondary N) is 1. The summed E-state index contributed by atoms with van der Waals surface area (Å²) >= 11 is 6.52. The highest BCUT2D eigenvalue weighted by Crippen LogP contribution is 2.38. The summed E-state index contributed by atoms with van der Waals surface area (Å²) in [6.07, 6.45) is 2.30. The lowest BCUT2D eigenvalue weighted by Gasteiger charge is -2.46. The van der Waals surface area contributed by atoms with E-state index in [-0.39, 0.29) is 24.0 Å². The standard InChI is InChI=1S/C30H34ClN5O5/c1-18-13-21(35-41-18)16-40-24-11-10-20(14-22(24)31)34-28-26-23(32-17-33-28)8-5-9-25(26)39-15-19-7-6-12-36(29(37)38)27(19)30(2,3)4/h5,8-11,13-14,17,19,27H,6-7,12,15-16H2,1-4H3,(H,37,38)(H,32,33,34)/t19-,27?/m0/s1. The molecule has 0 bridgehead atoms. The third kappa shape index (κ3) is 6.48. The van der Waals surface area contributed by atoms with Gasteiger partial charge in [-0.25, -0.2) is 14.8 Å². The van der Waals surface area contributed by atoms with Gasteiger partial charge in [0, 0.05) is 30.3 Å². The number of amides is 1. The molecule has 0 radical (unpaired) electrons. The van der Waals surface area contributed by atoms with Crippen LogP contribution in [0, 0.1) is 18.3 Å². The molecule has 2 aromatic heterocycles. The van der Waals surface area contributed by atoms with Crippen molar-refractivity contribution in [2.45, 2.75) is 53.2 Å². The second-order valence-corrected chi connectivity index (χ2v) is 11.8. The smallest absolute Gasteiger partial charge is 0.407 e. The quantitative estimate of drug-likeness (QED) is 0.225. The van der Waals surface area contributed by atoms with Gasteiger partial charge >= 0.3 is 6.09 Å². The maximum absolute atomic E-state index is 12.0. The van der Waals surface area contributed by atoms with E-state index in [1.54, 1.807) is 17.0 Å². The number of likely N-dealkylation sites (tertiary alicyclic amines) is 1. The lowest BCUT2D eigenvalue weighted by molar-refractivity contribution is 0.00696. The van der Waals surface area contributed by atoms with Gasteiger partial charge in [0.25, 0.3) is 0 Å². The van der Waals surface area contributed by atoms with Crippen LogP contribution in [0.3, 0.4) is 0 Å². The van der Waals surface area contributed by atoms with E-state index in [2.05, 4.69) is 41.2 Å². The van der Waals surface area contributed by atoms with Crippen molar-refractivity contribution in [3.8, 4) is 11.5 Å². The average Bonchev–Trinajstić information content (AvgIpc) is 3.35. The second kappa shape index (κ2) is 11.8. The number of benzene rings is 2. The van der Waals surface area contributed by atoms with E-state index in [4.69, 9.17) is 25.6 Å². The van der Waals surface area contributed by atoms with Crippen LogP contribution in [0.4, 0.5) is 16.3 Å². The molecule has 41 heavy (non-hydrogen) atoms. The van der Waals surface area contributed by atoms with Gasteiger partial charge in [0.05, 0.1) is 22.5 Å². The van der Waals surface area contributed by atoms with Crippen molar-refractivity contribution < 1.29 is 23.9 Å². The van der Waals surface area contributed by atoms with Gasteiger partial charge in [-0.1, -0.05) is 43.6 Å². The molecule has 3 heterocycles. The van der Waals surface area contributed by atoms with Gasteiger partial charge < -0.3 is 29.3 Å². The number of hydrogen-bond acceptors (Lipinski definition) is 8. The molecule has 1 fully saturated rings. The zero-order chi connectivity index (χ0) is 29.1. The number of ether oxygens (including phenoxy) is 2. The Morgan fingerprint density at radius 2 is 2.00 bits per heavy atom. The number of aromatic nitrogens is 3. The molecule has 5 rings (SSSR count). The van der Waals surface area contributed by atoms with Gasteiger partial charge in [0.2, 0.25) is 0 Å². The first-order valence-electron chi connectivity index (χ1n) is 13.6. The Kier molecular flexibility index (Phi) is 8.21. The van der Waals surface area contributed by atoms with Crippen LogP contribution in [0.25, 0.3) is 10.9 Å². The first-order valence-corrected chi connectivity index (χ1v) is 14.0. The van der Waals surface area contributed by atoms with E-state index in [1.807, 2.05) is 37.3 Å². The Morgan fingerprint density at radius 1 is 1.17 bits per heavy atom. The van der Waals surface area contributed by atoms with Crippen molar-refractivity contribution in [3.63, 3.8) is 0 Å². The molecule has 2 atom stereocenters. The van der Waals surface area contributed by atoms with E-state index in [9.17, 15) is 9.90 Å². The summed E-state index contributed by atoms with van der Waals surface area (Å²) in [5.41, 5.74) is 1.88. The number of anilines is 2. The molecule has 10 nitrogen and oxygen atoms in total. The molecule has 1 unspecified atom stereocenters. The van der Waals surface area contributed by atoms with Crippen molar-refractivity contribution in [3.05, 3.63) is 65.3 Å². The largest absolute Gasteiger partial charge is 0.492 e. The fourth-order valence-corrected chi connectivity index (χ4v) is 5.83. The van der Waals surface area contributed by atoms with Crippen LogP contribution in [-0.2, 0) is 6.61 Å². The topological polar surface area (TPSA) is 123 Å². The van der Waals surface area contributed by atoms with Crippen LogP contribution in [0.15, 0.2) is 53.3 Å². The number of carbonyl (C=O) groups is 1. The molecule has 2 N–H and O–H groups in total. The van der Waals surface area contributed by atoms with E-state index in [1.165, 1.54) is 6.33 Å². The van der Waals surface area contributed by atoms with Crippen molar-refractivity contribution in [2.24, 2.45) is 11.3 Å². The molecule has 1 aliphatic heterocycles. The number of rotatable bonds is 8. The van der Waals surface area contributed by atoms with Crippen molar-refractivity contribution in [2.75, 3.05) is 18.5 Å². The third-order valence-corrected chi connectivity index (χ3v) is 7.51. The summed E-state index contributed by atoms with van der Waals surface area (Å²) < 4.78 is 17.3. The average molecular weight is 580 g/mol. The van der Waals surface area contributed by atoms with Gasteiger partial charge in [0.15, 0.2) is 0 Å². The minimum atomic E-state index is -0.886. The predicted molar refractivity (Wildman–Crippen MR) is 156 cm³/mol. The molecule has 2 aromatic carbocycles. The monoisotopic (exact) mass is 579 g/mol. The van der Waals surface area contributed by atoms with Crippen molar-refractivity contribution >= 4 is 40.1 Å². The zero-order valence-electron chi connectivity index (χ0n) is 23.6. The van der Waals surface area contributed by atoms with E-state index in [0.29, 0.717) is 52.6 Å². The minimum absolute atomic E-state index is 0.0451. The Labute approximate surface area is 243 Å². The lowest BCUT2D eigenvalue weighted by Crippen LogP contribution is -2.55. The summed E-state index contributed by atoms with van der Waals surface area (Å²) in [5, 5.41) is 18.3. The maximum atomic E-state index is 12.0. The fraction of sp³-hybridized carbons (Fsp3) is 0.400. The molecule has 216 valence electrons. The maximum Gasteiger partial charge on any atom is 0.407 e. The summed E-state index contributed by atoms with van der Waals surface area (Å²) in [6.45, 7) is 9.22. The summed E-state index contributed by atoms with van der Waals surface area (Å²) in [7, 11) is 0. The Bertz CT molecular complexity index is 1530. The van der Waals surface area contributed by atoms with Crippen LogP contribution in [0.2, 0.25) is 5.02 Å². The number of carboxylic acid groups (broad SMARTS) is 1. The van der Waals surface area contributed by atoms with E-state index < -0.39 is 6.09 Å². The molecular formula is C30H34ClN5O5. The van der Waals surface area contributed by atoms with Crippen molar-refractivity contribution in [1.82, 2.24) is 20.0 Å². The molecule has 0 spiro atoms. The SMILES string of the molecule is Cc1cc(COc2ccc(Nc3ncnc4cccc(OC[C@@H]5CCCN(C(=O)O)C5C(C)(C)C)c34)cc2Cl)no1. The molecule has 4 aromatic rings. The third-order valence-electron chi connectivity index (χ3n) is 7.21. The van der Waals surface area contributed by atoms with Gasteiger partial charge in [-0.3, -0.25) is 0 Å². The van der Waals surface area contributed by atoms with Gasteiger partial charge in [-0.2, -0.15) is 0 Å². The van der Waals surface area contributed by atoms with Gasteiger partial charge in [0.1, 0.15) is 41.7 Å². The second-order valence-electron chi connectivity index (χ2n) is 11.4. The lowest BCUT2D eigenvalue weighted by atomic mass is 9.74. The van der Waals surface area contributed by atoms with Crippen LogP contribution < -0.4 is 14.8 Å². The number of fused-ring (bicyclic) bond motifs is 1. The predicted octanol–water partition coefficient (Wildman–Crippen LogP) is 7.09. The Morgan fingerprint density at radius 3 is 2.71 bits per heavy atom. The van der Waals surface area contributed by atoms with E-state index in [0.717, 1.165) is 23.7 Å². The Balaban J connectivity index is 1.35. The first kappa shape index (κ1) is 28.5. The van der Waals surface area contributed by atoms with Gasteiger partial charge in [-0.15, -0.1) is 0 Å². The number of nitrogens with zero attached hydrogens (tertiary/aromatic N) is 4. The summed E-state index contributed by atoms with van der Waals surface area (Å²) in [5.74, 6) is 2.47.